The van der Waals surface area contributed by atoms with E-state index in [0.717, 1.165) is 24.5 Å². The highest BCUT2D eigenvalue weighted by Crippen LogP contribution is 2.16. The van der Waals surface area contributed by atoms with E-state index in [1.807, 2.05) is 26.0 Å². The lowest BCUT2D eigenvalue weighted by molar-refractivity contribution is 0.218. The number of aromatic nitrogens is 1. The summed E-state index contributed by atoms with van der Waals surface area (Å²) in [7, 11) is -2.84. The van der Waals surface area contributed by atoms with Crippen molar-refractivity contribution >= 4 is 15.7 Å². The lowest BCUT2D eigenvalue weighted by Gasteiger charge is -2.33. The van der Waals surface area contributed by atoms with Crippen molar-refractivity contribution in [3.05, 3.63) is 23.9 Å². The van der Waals surface area contributed by atoms with Gasteiger partial charge in [-0.3, -0.25) is 4.90 Å². The smallest absolute Gasteiger partial charge is 0.153 e. The van der Waals surface area contributed by atoms with Gasteiger partial charge in [-0.15, -0.1) is 0 Å². The van der Waals surface area contributed by atoms with Crippen molar-refractivity contribution in [3.63, 3.8) is 0 Å². The van der Waals surface area contributed by atoms with E-state index in [4.69, 9.17) is 0 Å². The average Bonchev–Trinajstić information content (AvgIpc) is 2.33. The largest absolute Gasteiger partial charge is 0.370 e. The van der Waals surface area contributed by atoms with E-state index < -0.39 is 9.84 Å². The van der Waals surface area contributed by atoms with Crippen molar-refractivity contribution in [2.45, 2.75) is 26.4 Å². The van der Waals surface area contributed by atoms with E-state index in [2.05, 4.69) is 15.2 Å². The topological polar surface area (TPSA) is 62.3 Å². The van der Waals surface area contributed by atoms with Crippen molar-refractivity contribution in [2.24, 2.45) is 0 Å². The first-order chi connectivity index (χ1) is 9.00. The lowest BCUT2D eigenvalue weighted by atomic mass is 10.2. The van der Waals surface area contributed by atoms with Crippen LogP contribution < -0.4 is 5.32 Å². The Morgan fingerprint density at radius 1 is 1.53 bits per heavy atom. The molecule has 1 N–H and O–H groups in total. The molecule has 1 fully saturated rings. The van der Waals surface area contributed by atoms with E-state index in [0.29, 0.717) is 6.54 Å². The Morgan fingerprint density at radius 2 is 2.32 bits per heavy atom. The number of hydrogen-bond donors (Lipinski definition) is 1. The molecule has 1 unspecified atom stereocenters. The summed E-state index contributed by atoms with van der Waals surface area (Å²) < 4.78 is 23.1. The molecule has 2 rings (SSSR count). The van der Waals surface area contributed by atoms with Gasteiger partial charge in [-0.1, -0.05) is 0 Å². The van der Waals surface area contributed by atoms with Crippen molar-refractivity contribution in [1.82, 2.24) is 9.88 Å². The van der Waals surface area contributed by atoms with Crippen molar-refractivity contribution < 1.29 is 8.42 Å². The van der Waals surface area contributed by atoms with Gasteiger partial charge in [-0.25, -0.2) is 13.4 Å². The monoisotopic (exact) mass is 283 g/mol. The lowest BCUT2D eigenvalue weighted by Crippen LogP contribution is -2.46. The molecule has 1 aliphatic heterocycles. The molecule has 5 nitrogen and oxygen atoms in total. The van der Waals surface area contributed by atoms with E-state index >= 15 is 0 Å². The van der Waals surface area contributed by atoms with Crippen LogP contribution in [-0.4, -0.2) is 48.9 Å². The second-order valence-corrected chi connectivity index (χ2v) is 7.24. The SMILES string of the molecule is CCNc1cc(CN2CCS(=O)(=O)CC2C)ccn1. The number of nitrogens with zero attached hydrogens (tertiary/aromatic N) is 2. The molecular weight excluding hydrogens is 262 g/mol. The zero-order valence-electron chi connectivity index (χ0n) is 11.5. The summed E-state index contributed by atoms with van der Waals surface area (Å²) in [5.74, 6) is 1.40. The van der Waals surface area contributed by atoms with Crippen molar-refractivity contribution in [3.8, 4) is 0 Å². The van der Waals surface area contributed by atoms with E-state index in [9.17, 15) is 8.42 Å². The minimum absolute atomic E-state index is 0.0782. The first-order valence-corrected chi connectivity index (χ1v) is 8.45. The zero-order valence-corrected chi connectivity index (χ0v) is 12.3. The molecule has 1 aliphatic rings. The summed E-state index contributed by atoms with van der Waals surface area (Å²) >= 11 is 0. The number of pyridine rings is 1. The van der Waals surface area contributed by atoms with Gasteiger partial charge in [0.05, 0.1) is 11.5 Å². The number of hydrogen-bond acceptors (Lipinski definition) is 5. The molecule has 106 valence electrons. The molecule has 1 aromatic rings. The molecule has 6 heteroatoms. The third-order valence-electron chi connectivity index (χ3n) is 3.38. The zero-order chi connectivity index (χ0) is 13.9. The minimum Gasteiger partial charge on any atom is -0.370 e. The first-order valence-electron chi connectivity index (χ1n) is 6.63. The van der Waals surface area contributed by atoms with Crippen LogP contribution in [0.3, 0.4) is 0 Å². The van der Waals surface area contributed by atoms with E-state index in [1.165, 1.54) is 0 Å². The maximum absolute atomic E-state index is 11.6. The van der Waals surface area contributed by atoms with Gasteiger partial charge in [0.1, 0.15) is 5.82 Å². The second-order valence-electron chi connectivity index (χ2n) is 5.01. The third kappa shape index (κ3) is 3.91. The molecule has 0 spiro atoms. The predicted molar refractivity (Wildman–Crippen MR) is 76.9 cm³/mol. The van der Waals surface area contributed by atoms with Crippen LogP contribution in [0.5, 0.6) is 0 Å². The Bertz CT molecular complexity index is 530. The maximum atomic E-state index is 11.6. The van der Waals surface area contributed by atoms with Crippen LogP contribution in [0, 0.1) is 0 Å². The Balaban J connectivity index is 2.03. The van der Waals surface area contributed by atoms with Crippen LogP contribution in [0.15, 0.2) is 18.3 Å². The van der Waals surface area contributed by atoms with Crippen LogP contribution in [0.25, 0.3) is 0 Å². The molecule has 0 amide bonds. The average molecular weight is 283 g/mol. The van der Waals surface area contributed by atoms with Gasteiger partial charge >= 0.3 is 0 Å². The van der Waals surface area contributed by atoms with Gasteiger partial charge < -0.3 is 5.32 Å². The first kappa shape index (κ1) is 14.3. The van der Waals surface area contributed by atoms with Gasteiger partial charge in [0.2, 0.25) is 0 Å². The summed E-state index contributed by atoms with van der Waals surface area (Å²) in [6.07, 6.45) is 1.79. The number of rotatable bonds is 4. The number of sulfone groups is 1. The van der Waals surface area contributed by atoms with Crippen LogP contribution in [-0.2, 0) is 16.4 Å². The van der Waals surface area contributed by atoms with Crippen LogP contribution in [0.4, 0.5) is 5.82 Å². The fourth-order valence-corrected chi connectivity index (χ4v) is 3.98. The normalized spacial score (nSPS) is 23.2. The van der Waals surface area contributed by atoms with Gasteiger partial charge in [0.25, 0.3) is 0 Å². The summed E-state index contributed by atoms with van der Waals surface area (Å²) in [5, 5.41) is 3.18. The van der Waals surface area contributed by atoms with Crippen molar-refractivity contribution in [2.75, 3.05) is 29.9 Å². The molecule has 0 aromatic carbocycles. The molecule has 19 heavy (non-hydrogen) atoms. The summed E-state index contributed by atoms with van der Waals surface area (Å²) in [6.45, 7) is 6.24. The molecule has 1 atom stereocenters. The molecular formula is C13H21N3O2S. The van der Waals surface area contributed by atoms with Gasteiger partial charge in [0.15, 0.2) is 9.84 Å². The van der Waals surface area contributed by atoms with Gasteiger partial charge in [-0.05, 0) is 31.5 Å². The Labute approximate surface area is 114 Å². The van der Waals surface area contributed by atoms with Crippen LogP contribution >= 0.6 is 0 Å². The third-order valence-corrected chi connectivity index (χ3v) is 5.17. The molecule has 0 aliphatic carbocycles. The van der Waals surface area contributed by atoms with Crippen molar-refractivity contribution in [1.29, 1.82) is 0 Å². The second kappa shape index (κ2) is 5.88. The van der Waals surface area contributed by atoms with E-state index in [1.54, 1.807) is 6.20 Å². The number of nitrogens with one attached hydrogen (secondary N) is 1. The quantitative estimate of drug-likeness (QED) is 0.897. The van der Waals surface area contributed by atoms with Gasteiger partial charge in [-0.2, -0.15) is 0 Å². The molecule has 2 heterocycles. The fourth-order valence-electron chi connectivity index (χ4n) is 2.35. The van der Waals surface area contributed by atoms with E-state index in [-0.39, 0.29) is 17.5 Å². The summed E-state index contributed by atoms with van der Waals surface area (Å²) in [6, 6.07) is 4.09. The Morgan fingerprint density at radius 3 is 3.00 bits per heavy atom. The summed E-state index contributed by atoms with van der Waals surface area (Å²) in [5.41, 5.74) is 1.16. The highest BCUT2D eigenvalue weighted by molar-refractivity contribution is 7.91. The fraction of sp³-hybridized carbons (Fsp3) is 0.615. The molecule has 1 aromatic heterocycles. The predicted octanol–water partition coefficient (Wildman–Crippen LogP) is 1.13. The molecule has 0 bridgehead atoms. The van der Waals surface area contributed by atoms with Gasteiger partial charge in [0, 0.05) is 31.9 Å². The van der Waals surface area contributed by atoms with Crippen LogP contribution in [0.1, 0.15) is 19.4 Å². The minimum atomic E-state index is -2.84. The number of anilines is 1. The van der Waals surface area contributed by atoms with Crippen LogP contribution in [0.2, 0.25) is 0 Å². The Hall–Kier alpha value is -1.14. The highest BCUT2D eigenvalue weighted by atomic mass is 32.2. The molecule has 0 radical (unpaired) electrons. The highest BCUT2D eigenvalue weighted by Gasteiger charge is 2.27. The maximum Gasteiger partial charge on any atom is 0.153 e. The summed E-state index contributed by atoms with van der Waals surface area (Å²) in [4.78, 5) is 6.45. The Kier molecular flexibility index (Phi) is 4.42. The molecule has 0 saturated carbocycles. The molecule has 1 saturated heterocycles. The standard InChI is InChI=1S/C13H21N3O2S/c1-3-14-13-8-12(4-5-15-13)9-16-6-7-19(17,18)10-11(16)2/h4-5,8,11H,3,6-7,9-10H2,1-2H3,(H,14,15).